The first-order valence-electron chi connectivity index (χ1n) is 6.20. The van der Waals surface area contributed by atoms with E-state index in [1.54, 1.807) is 43.1 Å². The molecule has 1 atom stereocenters. The standard InChI is InChI=1S/C14H20N2O2S2/c1-12(11-19-3)16(2)20(17,18)14-9-5-4-7-13(14)8-6-10-15/h4-5,7,9,12H,10-11,15H2,1-3H3. The lowest BCUT2D eigenvalue weighted by atomic mass is 10.2. The van der Waals surface area contributed by atoms with E-state index in [1.807, 2.05) is 13.2 Å². The number of nitrogens with two attached hydrogens (primary N) is 1. The molecule has 0 saturated heterocycles. The summed E-state index contributed by atoms with van der Waals surface area (Å²) in [5.74, 6) is 6.26. The van der Waals surface area contributed by atoms with E-state index in [0.29, 0.717) is 5.56 Å². The number of benzene rings is 1. The predicted molar refractivity (Wildman–Crippen MR) is 85.2 cm³/mol. The summed E-state index contributed by atoms with van der Waals surface area (Å²) in [6, 6.07) is 6.67. The first-order chi connectivity index (χ1) is 9.45. The second-order valence-corrected chi connectivity index (χ2v) is 7.20. The summed E-state index contributed by atoms with van der Waals surface area (Å²) in [4.78, 5) is 0.233. The summed E-state index contributed by atoms with van der Waals surface area (Å²) in [6.45, 7) is 2.09. The molecule has 2 N–H and O–H groups in total. The average molecular weight is 312 g/mol. The lowest BCUT2D eigenvalue weighted by Gasteiger charge is -2.24. The van der Waals surface area contributed by atoms with Gasteiger partial charge >= 0.3 is 0 Å². The molecular weight excluding hydrogens is 292 g/mol. The highest BCUT2D eigenvalue weighted by Crippen LogP contribution is 2.21. The molecule has 0 saturated carbocycles. The third kappa shape index (κ3) is 4.00. The van der Waals surface area contributed by atoms with Gasteiger partial charge in [-0.15, -0.1) is 0 Å². The van der Waals surface area contributed by atoms with Crippen LogP contribution < -0.4 is 5.73 Å². The summed E-state index contributed by atoms with van der Waals surface area (Å²) in [6.07, 6.45) is 1.96. The Morgan fingerprint density at radius 1 is 1.40 bits per heavy atom. The zero-order valence-corrected chi connectivity index (χ0v) is 13.6. The molecule has 0 aliphatic carbocycles. The van der Waals surface area contributed by atoms with Crippen LogP contribution in [0.4, 0.5) is 0 Å². The fraction of sp³-hybridized carbons (Fsp3) is 0.429. The lowest BCUT2D eigenvalue weighted by Crippen LogP contribution is -2.36. The van der Waals surface area contributed by atoms with Crippen molar-refractivity contribution in [1.29, 1.82) is 0 Å². The molecular formula is C14H20N2O2S2. The molecule has 0 bridgehead atoms. The van der Waals surface area contributed by atoms with E-state index in [9.17, 15) is 8.42 Å². The molecule has 0 heterocycles. The Balaban J connectivity index is 3.22. The summed E-state index contributed by atoms with van der Waals surface area (Å²) >= 11 is 1.62. The number of hydrogen-bond acceptors (Lipinski definition) is 4. The third-order valence-electron chi connectivity index (χ3n) is 2.90. The van der Waals surface area contributed by atoms with Gasteiger partial charge in [-0.25, -0.2) is 8.42 Å². The van der Waals surface area contributed by atoms with Crippen molar-refractivity contribution in [3.8, 4) is 11.8 Å². The van der Waals surface area contributed by atoms with E-state index >= 15 is 0 Å². The van der Waals surface area contributed by atoms with Crippen molar-refractivity contribution in [2.45, 2.75) is 17.9 Å². The molecule has 1 unspecified atom stereocenters. The quantitative estimate of drug-likeness (QED) is 0.834. The number of thioether (sulfide) groups is 1. The van der Waals surface area contributed by atoms with Gasteiger partial charge in [0.2, 0.25) is 10.0 Å². The Bertz CT molecular complexity index is 603. The van der Waals surface area contributed by atoms with Gasteiger partial charge in [0.25, 0.3) is 0 Å². The Morgan fingerprint density at radius 2 is 2.05 bits per heavy atom. The van der Waals surface area contributed by atoms with Crippen LogP contribution in [0.2, 0.25) is 0 Å². The molecule has 4 nitrogen and oxygen atoms in total. The highest BCUT2D eigenvalue weighted by Gasteiger charge is 2.26. The third-order valence-corrected chi connectivity index (χ3v) is 5.74. The van der Waals surface area contributed by atoms with Gasteiger partial charge in [-0.3, -0.25) is 0 Å². The molecule has 1 aromatic carbocycles. The van der Waals surface area contributed by atoms with Gasteiger partial charge in [-0.05, 0) is 25.3 Å². The second-order valence-electron chi connectivity index (χ2n) is 4.33. The van der Waals surface area contributed by atoms with Crippen LogP contribution in [0.5, 0.6) is 0 Å². The van der Waals surface area contributed by atoms with E-state index in [2.05, 4.69) is 11.8 Å². The van der Waals surface area contributed by atoms with Gasteiger partial charge in [0, 0.05) is 24.4 Å². The zero-order chi connectivity index (χ0) is 15.2. The largest absolute Gasteiger partial charge is 0.320 e. The van der Waals surface area contributed by atoms with Crippen LogP contribution in [-0.4, -0.2) is 44.4 Å². The van der Waals surface area contributed by atoms with Gasteiger partial charge < -0.3 is 5.73 Å². The predicted octanol–water partition coefficient (Wildman–Crippen LogP) is 1.37. The van der Waals surface area contributed by atoms with Crippen molar-refractivity contribution in [3.05, 3.63) is 29.8 Å². The SMILES string of the molecule is CSCC(C)N(C)S(=O)(=O)c1ccccc1C#CCN. The minimum Gasteiger partial charge on any atom is -0.320 e. The fourth-order valence-corrected chi connectivity index (χ4v) is 3.99. The van der Waals surface area contributed by atoms with Crippen molar-refractivity contribution in [1.82, 2.24) is 4.31 Å². The lowest BCUT2D eigenvalue weighted by molar-refractivity contribution is 0.415. The number of nitrogens with zero attached hydrogens (tertiary/aromatic N) is 1. The highest BCUT2D eigenvalue weighted by atomic mass is 32.2. The van der Waals surface area contributed by atoms with Crippen LogP contribution in [0.25, 0.3) is 0 Å². The van der Waals surface area contributed by atoms with Crippen LogP contribution in [0.1, 0.15) is 12.5 Å². The molecule has 1 rings (SSSR count). The van der Waals surface area contributed by atoms with Crippen molar-refractivity contribution in [3.63, 3.8) is 0 Å². The Morgan fingerprint density at radius 3 is 2.65 bits per heavy atom. The van der Waals surface area contributed by atoms with Crippen LogP contribution in [0, 0.1) is 11.8 Å². The molecule has 0 spiro atoms. The van der Waals surface area contributed by atoms with E-state index in [1.165, 1.54) is 4.31 Å². The average Bonchev–Trinajstić information content (AvgIpc) is 2.44. The van der Waals surface area contributed by atoms with Gasteiger partial charge in [-0.1, -0.05) is 24.0 Å². The summed E-state index contributed by atoms with van der Waals surface area (Å²) in [5, 5.41) is 0. The molecule has 0 amide bonds. The minimum atomic E-state index is -3.54. The van der Waals surface area contributed by atoms with Crippen molar-refractivity contribution in [2.75, 3.05) is 25.6 Å². The zero-order valence-electron chi connectivity index (χ0n) is 12.0. The molecule has 0 fully saturated rings. The summed E-state index contributed by atoms with van der Waals surface area (Å²) in [7, 11) is -1.94. The van der Waals surface area contributed by atoms with E-state index in [4.69, 9.17) is 5.73 Å². The molecule has 0 aromatic heterocycles. The fourth-order valence-electron chi connectivity index (χ4n) is 1.68. The van der Waals surface area contributed by atoms with Crippen molar-refractivity contribution in [2.24, 2.45) is 5.73 Å². The van der Waals surface area contributed by atoms with Gasteiger partial charge in [0.05, 0.1) is 11.4 Å². The Labute approximate surface area is 125 Å². The molecule has 0 radical (unpaired) electrons. The van der Waals surface area contributed by atoms with Crippen LogP contribution in [-0.2, 0) is 10.0 Å². The van der Waals surface area contributed by atoms with Gasteiger partial charge in [0.1, 0.15) is 0 Å². The number of rotatable bonds is 5. The van der Waals surface area contributed by atoms with Crippen molar-refractivity contribution < 1.29 is 8.42 Å². The molecule has 1 aromatic rings. The van der Waals surface area contributed by atoms with Gasteiger partial charge in [-0.2, -0.15) is 16.1 Å². The molecule has 0 aliphatic heterocycles. The molecule has 0 aliphatic rings. The molecule has 6 heteroatoms. The Hall–Kier alpha value is -1.00. The highest BCUT2D eigenvalue weighted by molar-refractivity contribution is 7.98. The van der Waals surface area contributed by atoms with Crippen LogP contribution in [0.15, 0.2) is 29.2 Å². The molecule has 20 heavy (non-hydrogen) atoms. The maximum absolute atomic E-state index is 12.7. The van der Waals surface area contributed by atoms with Gasteiger partial charge in [0.15, 0.2) is 0 Å². The van der Waals surface area contributed by atoms with E-state index in [-0.39, 0.29) is 17.5 Å². The van der Waals surface area contributed by atoms with Crippen molar-refractivity contribution >= 4 is 21.8 Å². The minimum absolute atomic E-state index is 0.0782. The van der Waals surface area contributed by atoms with Crippen LogP contribution in [0.3, 0.4) is 0 Å². The van der Waals surface area contributed by atoms with E-state index in [0.717, 1.165) is 5.75 Å². The summed E-state index contributed by atoms with van der Waals surface area (Å²) < 4.78 is 26.7. The molecule has 110 valence electrons. The number of sulfonamides is 1. The second kappa shape index (κ2) is 7.70. The topological polar surface area (TPSA) is 63.4 Å². The Kier molecular flexibility index (Phi) is 6.56. The first kappa shape index (κ1) is 17.1. The first-order valence-corrected chi connectivity index (χ1v) is 9.03. The monoisotopic (exact) mass is 312 g/mol. The maximum atomic E-state index is 12.7. The van der Waals surface area contributed by atoms with E-state index < -0.39 is 10.0 Å². The normalized spacial score (nSPS) is 12.8. The smallest absolute Gasteiger partial charge is 0.244 e. The summed E-state index contributed by atoms with van der Waals surface area (Å²) in [5.41, 5.74) is 5.83. The maximum Gasteiger partial charge on any atom is 0.244 e. The van der Waals surface area contributed by atoms with Crippen LogP contribution >= 0.6 is 11.8 Å². The number of hydrogen-bond donors (Lipinski definition) is 1.